The molecule has 0 amide bonds. The lowest BCUT2D eigenvalue weighted by Crippen LogP contribution is -2.46. The summed E-state index contributed by atoms with van der Waals surface area (Å²) in [7, 11) is 0. The zero-order chi connectivity index (χ0) is 12.1. The topological polar surface area (TPSA) is 41.6 Å². The molecule has 1 aliphatic heterocycles. The van der Waals surface area contributed by atoms with Crippen LogP contribution < -0.4 is 5.73 Å². The summed E-state index contributed by atoms with van der Waals surface area (Å²) in [4.78, 5) is 7.85. The van der Waals surface area contributed by atoms with E-state index in [1.165, 1.54) is 16.9 Å². The van der Waals surface area contributed by atoms with Crippen LogP contribution in [-0.2, 0) is 6.54 Å². The van der Waals surface area contributed by atoms with Crippen LogP contribution in [0.4, 0.5) is 0 Å². The summed E-state index contributed by atoms with van der Waals surface area (Å²) in [6.07, 6.45) is 1.23. The first-order valence-corrected chi connectivity index (χ1v) is 7.04. The zero-order valence-corrected chi connectivity index (χ0v) is 11.0. The number of hydrogen-bond acceptors (Lipinski definition) is 2. The molecular formula is C13H19N3S. The fourth-order valence-electron chi connectivity index (χ4n) is 1.72. The second kappa shape index (κ2) is 5.96. The Morgan fingerprint density at radius 1 is 1.47 bits per heavy atom. The first-order valence-electron chi connectivity index (χ1n) is 6.06. The van der Waals surface area contributed by atoms with Crippen LogP contribution in [0.3, 0.4) is 0 Å². The van der Waals surface area contributed by atoms with E-state index in [1.54, 1.807) is 0 Å². The molecule has 2 rings (SSSR count). The van der Waals surface area contributed by atoms with Crippen molar-refractivity contribution in [1.29, 1.82) is 0 Å². The molecule has 0 bridgehead atoms. The van der Waals surface area contributed by atoms with Gasteiger partial charge in [0, 0.05) is 18.0 Å². The van der Waals surface area contributed by atoms with Crippen molar-refractivity contribution >= 4 is 17.7 Å². The first-order chi connectivity index (χ1) is 8.29. The Bertz CT molecular complexity index is 399. The number of thioether (sulfide) groups is 1. The molecule has 0 saturated carbocycles. The van der Waals surface area contributed by atoms with E-state index in [1.807, 2.05) is 11.8 Å². The monoisotopic (exact) mass is 249 g/mol. The fraction of sp³-hybridized carbons (Fsp3) is 0.462. The summed E-state index contributed by atoms with van der Waals surface area (Å²) in [6, 6.07) is 8.52. The van der Waals surface area contributed by atoms with Crippen LogP contribution in [-0.4, -0.2) is 29.7 Å². The lowest BCUT2D eigenvalue weighted by Gasteiger charge is -2.31. The molecular weight excluding hydrogens is 230 g/mol. The molecule has 0 unspecified atom stereocenters. The second-order valence-electron chi connectivity index (χ2n) is 4.10. The van der Waals surface area contributed by atoms with Crippen molar-refractivity contribution in [3.8, 4) is 0 Å². The minimum atomic E-state index is 0.681. The van der Waals surface area contributed by atoms with E-state index in [2.05, 4.69) is 41.1 Å². The van der Waals surface area contributed by atoms with Gasteiger partial charge in [-0.05, 0) is 29.9 Å². The number of aliphatic imine (C=N–C) groups is 1. The summed E-state index contributed by atoms with van der Waals surface area (Å²) < 4.78 is 0. The number of guanidine groups is 1. The number of likely N-dealkylation sites (tertiary alicyclic amines) is 1. The van der Waals surface area contributed by atoms with Gasteiger partial charge in [-0.15, -0.1) is 11.8 Å². The van der Waals surface area contributed by atoms with Gasteiger partial charge in [-0.2, -0.15) is 0 Å². The molecule has 0 atom stereocenters. The summed E-state index contributed by atoms with van der Waals surface area (Å²) >= 11 is 1.86. The number of benzene rings is 1. The maximum absolute atomic E-state index is 5.89. The molecule has 1 heterocycles. The Morgan fingerprint density at radius 3 is 2.94 bits per heavy atom. The van der Waals surface area contributed by atoms with Crippen LogP contribution in [0.25, 0.3) is 0 Å². The minimum absolute atomic E-state index is 0.681. The van der Waals surface area contributed by atoms with E-state index in [0.29, 0.717) is 12.5 Å². The summed E-state index contributed by atoms with van der Waals surface area (Å²) in [5.41, 5.74) is 7.12. The van der Waals surface area contributed by atoms with Crippen LogP contribution in [0.2, 0.25) is 0 Å². The lowest BCUT2D eigenvalue weighted by molar-refractivity contribution is 0.295. The van der Waals surface area contributed by atoms with Crippen LogP contribution in [0.15, 0.2) is 34.2 Å². The average molecular weight is 249 g/mol. The Kier molecular flexibility index (Phi) is 4.31. The van der Waals surface area contributed by atoms with Gasteiger partial charge in [0.1, 0.15) is 0 Å². The van der Waals surface area contributed by atoms with Gasteiger partial charge < -0.3 is 10.6 Å². The molecule has 0 radical (unpaired) electrons. The van der Waals surface area contributed by atoms with Crippen molar-refractivity contribution in [2.75, 3.05) is 18.8 Å². The number of nitrogens with two attached hydrogens (primary N) is 1. The van der Waals surface area contributed by atoms with Gasteiger partial charge in [-0.3, -0.25) is 0 Å². The Hall–Kier alpha value is -1.16. The standard InChI is InChI=1S/C13H19N3S/c1-2-17-12-6-3-5-11(9-12)10-15-13(14)16-7-4-8-16/h3,5-6,9H,2,4,7-8,10H2,1H3,(H2,14,15). The molecule has 1 aromatic carbocycles. The molecule has 4 heteroatoms. The smallest absolute Gasteiger partial charge is 0.191 e. The molecule has 1 saturated heterocycles. The summed E-state index contributed by atoms with van der Waals surface area (Å²) in [6.45, 7) is 4.96. The fourth-order valence-corrected chi connectivity index (χ4v) is 2.46. The Labute approximate surface area is 107 Å². The predicted octanol–water partition coefficient (Wildman–Crippen LogP) is 2.32. The van der Waals surface area contributed by atoms with E-state index in [0.717, 1.165) is 18.8 Å². The van der Waals surface area contributed by atoms with Crippen molar-refractivity contribution in [3.63, 3.8) is 0 Å². The lowest BCUT2D eigenvalue weighted by atomic mass is 10.2. The SMILES string of the molecule is CCSc1cccc(CN=C(N)N2CCC2)c1. The molecule has 0 aliphatic carbocycles. The van der Waals surface area contributed by atoms with Crippen molar-refractivity contribution in [3.05, 3.63) is 29.8 Å². The predicted molar refractivity (Wildman–Crippen MR) is 74.4 cm³/mol. The molecule has 1 fully saturated rings. The largest absolute Gasteiger partial charge is 0.370 e. The van der Waals surface area contributed by atoms with E-state index in [9.17, 15) is 0 Å². The molecule has 0 spiro atoms. The summed E-state index contributed by atoms with van der Waals surface area (Å²) in [5, 5.41) is 0. The maximum Gasteiger partial charge on any atom is 0.191 e. The van der Waals surface area contributed by atoms with Gasteiger partial charge >= 0.3 is 0 Å². The Morgan fingerprint density at radius 2 is 2.29 bits per heavy atom. The zero-order valence-electron chi connectivity index (χ0n) is 10.2. The third-order valence-electron chi connectivity index (χ3n) is 2.81. The highest BCUT2D eigenvalue weighted by atomic mass is 32.2. The number of nitrogens with zero attached hydrogens (tertiary/aromatic N) is 2. The van der Waals surface area contributed by atoms with Crippen molar-refractivity contribution in [2.24, 2.45) is 10.7 Å². The van der Waals surface area contributed by atoms with Gasteiger partial charge in [-0.1, -0.05) is 19.1 Å². The van der Waals surface area contributed by atoms with Gasteiger partial charge in [-0.25, -0.2) is 4.99 Å². The minimum Gasteiger partial charge on any atom is -0.370 e. The van der Waals surface area contributed by atoms with E-state index in [-0.39, 0.29) is 0 Å². The Balaban J connectivity index is 1.95. The highest BCUT2D eigenvalue weighted by molar-refractivity contribution is 7.99. The number of hydrogen-bond donors (Lipinski definition) is 1. The van der Waals surface area contributed by atoms with Crippen LogP contribution >= 0.6 is 11.8 Å². The quantitative estimate of drug-likeness (QED) is 0.506. The molecule has 92 valence electrons. The average Bonchev–Trinajstić information content (AvgIpc) is 2.25. The van der Waals surface area contributed by atoms with Crippen molar-refractivity contribution < 1.29 is 0 Å². The molecule has 1 aromatic rings. The van der Waals surface area contributed by atoms with Crippen LogP contribution in [0.5, 0.6) is 0 Å². The third kappa shape index (κ3) is 3.40. The molecule has 0 aromatic heterocycles. The highest BCUT2D eigenvalue weighted by Crippen LogP contribution is 2.19. The van der Waals surface area contributed by atoms with E-state index < -0.39 is 0 Å². The van der Waals surface area contributed by atoms with Crippen molar-refractivity contribution in [2.45, 2.75) is 24.8 Å². The molecule has 17 heavy (non-hydrogen) atoms. The van der Waals surface area contributed by atoms with Gasteiger partial charge in [0.05, 0.1) is 6.54 Å². The van der Waals surface area contributed by atoms with E-state index >= 15 is 0 Å². The van der Waals surface area contributed by atoms with Gasteiger partial charge in [0.25, 0.3) is 0 Å². The van der Waals surface area contributed by atoms with Crippen molar-refractivity contribution in [1.82, 2.24) is 4.90 Å². The molecule has 3 nitrogen and oxygen atoms in total. The van der Waals surface area contributed by atoms with Crippen LogP contribution in [0.1, 0.15) is 18.9 Å². The van der Waals surface area contributed by atoms with Gasteiger partial charge in [0.15, 0.2) is 5.96 Å². The third-order valence-corrected chi connectivity index (χ3v) is 3.69. The van der Waals surface area contributed by atoms with E-state index in [4.69, 9.17) is 5.73 Å². The first kappa shape index (κ1) is 12.3. The highest BCUT2D eigenvalue weighted by Gasteiger charge is 2.15. The second-order valence-corrected chi connectivity index (χ2v) is 5.43. The summed E-state index contributed by atoms with van der Waals surface area (Å²) in [5.74, 6) is 1.78. The van der Waals surface area contributed by atoms with Crippen LogP contribution in [0, 0.1) is 0 Å². The van der Waals surface area contributed by atoms with Gasteiger partial charge in [0.2, 0.25) is 0 Å². The molecule has 1 aliphatic rings. The molecule has 2 N–H and O–H groups in total. The normalized spacial score (nSPS) is 15.8. The number of rotatable bonds is 4. The maximum atomic E-state index is 5.89.